The minimum Gasteiger partial charge on any atom is -0.477 e. The van der Waals surface area contributed by atoms with Crippen LogP contribution in [-0.4, -0.2) is 60.9 Å². The summed E-state index contributed by atoms with van der Waals surface area (Å²) in [4.78, 5) is 30.1. The third kappa shape index (κ3) is 8.40. The van der Waals surface area contributed by atoms with Crippen molar-refractivity contribution < 1.29 is 33.0 Å². The van der Waals surface area contributed by atoms with E-state index in [1.807, 2.05) is 0 Å². The minimum absolute atomic E-state index is 0.163. The smallest absolute Gasteiger partial charge is 0.418 e. The Morgan fingerprint density at radius 3 is 2.49 bits per heavy atom. The predicted molar refractivity (Wildman–Crippen MR) is 140 cm³/mol. The molecule has 12 heteroatoms. The third-order valence-corrected chi connectivity index (χ3v) is 7.94. The van der Waals surface area contributed by atoms with Gasteiger partial charge in [0.15, 0.2) is 5.17 Å². The molecule has 0 unspecified atom stereocenters. The number of amidine groups is 1. The zero-order valence-corrected chi connectivity index (χ0v) is 24.1. The van der Waals surface area contributed by atoms with Crippen molar-refractivity contribution in [2.75, 3.05) is 20.0 Å². The quantitative estimate of drug-likeness (QED) is 0.214. The summed E-state index contributed by atoms with van der Waals surface area (Å²) >= 11 is 3.89. The largest absolute Gasteiger partial charge is 0.477 e. The number of amides is 1. The molecule has 1 amide bonds. The second-order valence-electron chi connectivity index (χ2n) is 10.2. The normalized spacial score (nSPS) is 18.5. The van der Waals surface area contributed by atoms with E-state index < -0.39 is 43.8 Å². The van der Waals surface area contributed by atoms with Crippen LogP contribution < -0.4 is 0 Å². The van der Waals surface area contributed by atoms with Gasteiger partial charge in [-0.25, -0.2) is 28.3 Å². The van der Waals surface area contributed by atoms with Crippen LogP contribution in [0.4, 0.5) is 13.6 Å². The van der Waals surface area contributed by atoms with Crippen molar-refractivity contribution in [3.05, 3.63) is 45.0 Å². The molecule has 0 saturated heterocycles. The first-order valence-electron chi connectivity index (χ1n) is 10.9. The van der Waals surface area contributed by atoms with Crippen molar-refractivity contribution in [1.29, 1.82) is 0 Å². The Morgan fingerprint density at radius 2 is 1.94 bits per heavy atom. The molecule has 0 radical (unpaired) electrons. The third-order valence-electron chi connectivity index (χ3n) is 4.74. The van der Waals surface area contributed by atoms with E-state index >= 15 is 0 Å². The first-order chi connectivity index (χ1) is 16.1. The van der Waals surface area contributed by atoms with Gasteiger partial charge in [0, 0.05) is 24.7 Å². The van der Waals surface area contributed by atoms with Gasteiger partial charge in [0.05, 0.1) is 4.91 Å². The number of thioether (sulfide) groups is 1. The van der Waals surface area contributed by atoms with Gasteiger partial charge >= 0.3 is 12.1 Å². The summed E-state index contributed by atoms with van der Waals surface area (Å²) in [5.41, 5.74) is -3.04. The number of ether oxygens (including phenoxy) is 2. The van der Waals surface area contributed by atoms with Crippen molar-refractivity contribution in [2.45, 2.75) is 57.6 Å². The van der Waals surface area contributed by atoms with Gasteiger partial charge in [0.2, 0.25) is 0 Å². The van der Waals surface area contributed by atoms with Gasteiger partial charge in [0.1, 0.15) is 30.4 Å². The van der Waals surface area contributed by atoms with Crippen molar-refractivity contribution in [3.63, 3.8) is 0 Å². The number of carbonyl (C=O) groups is 2. The second kappa shape index (κ2) is 11.5. The highest BCUT2D eigenvalue weighted by molar-refractivity contribution is 9.10. The molecule has 1 heterocycles. The van der Waals surface area contributed by atoms with Crippen LogP contribution in [0, 0.1) is 5.82 Å². The summed E-state index contributed by atoms with van der Waals surface area (Å²) in [5.74, 6) is -2.13. The number of nitrogens with zero attached hydrogens (tertiary/aromatic N) is 2. The van der Waals surface area contributed by atoms with E-state index in [-0.39, 0.29) is 22.4 Å². The number of carboxylic acid groups (broad SMARTS) is 1. The molecule has 1 atom stereocenters. The topological polar surface area (TPSA) is 88.4 Å². The highest BCUT2D eigenvalue weighted by Gasteiger charge is 2.41. The number of rotatable bonds is 8. The lowest BCUT2D eigenvalue weighted by atomic mass is 9.90. The molecule has 0 bridgehead atoms. The molecule has 35 heavy (non-hydrogen) atoms. The molecular formula is C23H31BrF2N2O5SSi. The number of alkyl halides is 1. The number of halogens is 3. The van der Waals surface area contributed by atoms with E-state index in [1.54, 1.807) is 20.8 Å². The lowest BCUT2D eigenvalue weighted by Crippen LogP contribution is -2.44. The lowest BCUT2D eigenvalue weighted by molar-refractivity contribution is -0.131. The molecule has 2 rings (SSSR count). The molecule has 1 aromatic carbocycles. The van der Waals surface area contributed by atoms with Gasteiger partial charge in [0.25, 0.3) is 0 Å². The summed E-state index contributed by atoms with van der Waals surface area (Å²) in [7, 11) is -1.42. The molecule has 0 spiro atoms. The molecule has 1 aliphatic rings. The van der Waals surface area contributed by atoms with Crippen LogP contribution in [0.1, 0.15) is 26.3 Å². The molecule has 1 aliphatic heterocycles. The zero-order valence-electron chi connectivity index (χ0n) is 20.7. The first-order valence-corrected chi connectivity index (χ1v) is 16.2. The summed E-state index contributed by atoms with van der Waals surface area (Å²) in [6, 6.07) is 4.73. The average molecular weight is 594 g/mol. The Balaban J connectivity index is 2.56. The summed E-state index contributed by atoms with van der Waals surface area (Å²) < 4.78 is 41.1. The maximum absolute atomic E-state index is 14.8. The molecule has 0 aromatic heterocycles. The van der Waals surface area contributed by atoms with Crippen LogP contribution in [0.2, 0.25) is 25.7 Å². The standard InChI is InChI=1S/C23H31BrF2N2O5SSi/c1-22(2,3)33-21(31)28(14-32-9-10-35(4,5)6)20-27-23(13-25,12-18(34-20)19(29)30)16-11-15(24)7-8-17(16)26/h7-8,11-12H,9-10,13-14H2,1-6H3,(H,29,30)/t23-/m1/s1. The van der Waals surface area contributed by atoms with E-state index in [1.165, 1.54) is 12.1 Å². The lowest BCUT2D eigenvalue weighted by Gasteiger charge is -2.34. The maximum atomic E-state index is 14.8. The summed E-state index contributed by atoms with van der Waals surface area (Å²) in [6.07, 6.45) is 0.221. The predicted octanol–water partition coefficient (Wildman–Crippen LogP) is 6.37. The molecule has 0 fully saturated rings. The monoisotopic (exact) mass is 592 g/mol. The van der Waals surface area contributed by atoms with Crippen LogP contribution in [0.15, 0.2) is 38.6 Å². The number of carboxylic acids is 1. The van der Waals surface area contributed by atoms with Gasteiger partial charge in [-0.3, -0.25) is 0 Å². The van der Waals surface area contributed by atoms with Gasteiger partial charge in [-0.05, 0) is 62.9 Å². The fraction of sp³-hybridized carbons (Fsp3) is 0.522. The van der Waals surface area contributed by atoms with Crippen LogP contribution in [0.25, 0.3) is 0 Å². The Bertz CT molecular complexity index is 1030. The maximum Gasteiger partial charge on any atom is 0.418 e. The molecule has 0 saturated carbocycles. The van der Waals surface area contributed by atoms with Crippen LogP contribution >= 0.6 is 27.7 Å². The van der Waals surface area contributed by atoms with Crippen LogP contribution in [-0.2, 0) is 19.8 Å². The molecular weight excluding hydrogens is 562 g/mol. The van der Waals surface area contributed by atoms with E-state index in [0.29, 0.717) is 22.8 Å². The Kier molecular flexibility index (Phi) is 9.71. The van der Waals surface area contributed by atoms with E-state index in [2.05, 4.69) is 40.6 Å². The highest BCUT2D eigenvalue weighted by atomic mass is 79.9. The summed E-state index contributed by atoms with van der Waals surface area (Å²) in [6.45, 7) is 10.4. The number of aliphatic imine (C=N–C) groups is 1. The average Bonchev–Trinajstić information content (AvgIpc) is 2.72. The van der Waals surface area contributed by atoms with E-state index in [0.717, 1.165) is 23.1 Å². The van der Waals surface area contributed by atoms with Crippen molar-refractivity contribution in [1.82, 2.24) is 4.90 Å². The van der Waals surface area contributed by atoms with E-state index in [9.17, 15) is 23.5 Å². The van der Waals surface area contributed by atoms with Crippen LogP contribution in [0.3, 0.4) is 0 Å². The van der Waals surface area contributed by atoms with Gasteiger partial charge < -0.3 is 14.6 Å². The van der Waals surface area contributed by atoms with Gasteiger partial charge in [-0.2, -0.15) is 0 Å². The van der Waals surface area contributed by atoms with Crippen molar-refractivity contribution in [2.24, 2.45) is 4.99 Å². The van der Waals surface area contributed by atoms with Crippen molar-refractivity contribution >= 4 is 53.0 Å². The zero-order chi connectivity index (χ0) is 26.6. The minimum atomic E-state index is -2.00. The number of aliphatic carboxylic acids is 1. The van der Waals surface area contributed by atoms with Crippen molar-refractivity contribution in [3.8, 4) is 0 Å². The fourth-order valence-electron chi connectivity index (χ4n) is 2.94. The molecule has 1 N–H and O–H groups in total. The molecule has 7 nitrogen and oxygen atoms in total. The number of hydrogen-bond donors (Lipinski definition) is 1. The van der Waals surface area contributed by atoms with Gasteiger partial charge in [-0.15, -0.1) is 0 Å². The van der Waals surface area contributed by atoms with E-state index in [4.69, 9.17) is 9.47 Å². The fourth-order valence-corrected chi connectivity index (χ4v) is 5.04. The Morgan fingerprint density at radius 1 is 1.29 bits per heavy atom. The number of hydrogen-bond acceptors (Lipinski definition) is 6. The highest BCUT2D eigenvalue weighted by Crippen LogP contribution is 2.41. The second-order valence-corrected chi connectivity index (χ2v) is 17.8. The SMILES string of the molecule is CC(C)(C)OC(=O)N(COCC[Si](C)(C)C)C1=N[C@](CF)(c2cc(Br)ccc2F)C=C(C(=O)O)S1. The van der Waals surface area contributed by atoms with Crippen LogP contribution in [0.5, 0.6) is 0 Å². The number of benzene rings is 1. The number of carbonyl (C=O) groups excluding carboxylic acids is 1. The Hall–Kier alpha value is -1.76. The van der Waals surface area contributed by atoms with Gasteiger partial charge in [-0.1, -0.05) is 35.6 Å². The summed E-state index contributed by atoms with van der Waals surface area (Å²) in [5, 5.41) is 9.57. The molecule has 1 aromatic rings. The first kappa shape index (κ1) is 29.5. The molecule has 0 aliphatic carbocycles. The Labute approximate surface area is 218 Å². The molecule has 194 valence electrons.